The highest BCUT2D eigenvalue weighted by molar-refractivity contribution is 7.96. The maximum absolute atomic E-state index is 13.2. The predicted molar refractivity (Wildman–Crippen MR) is 138 cm³/mol. The molecule has 4 aromatic rings. The highest BCUT2D eigenvalue weighted by Crippen LogP contribution is 2.34. The van der Waals surface area contributed by atoms with E-state index in [9.17, 15) is 21.6 Å². The second kappa shape index (κ2) is 11.0. The molecule has 3 aromatic carbocycles. The summed E-state index contributed by atoms with van der Waals surface area (Å²) in [5.74, 6) is -0.367. The molecule has 0 aliphatic carbocycles. The van der Waals surface area contributed by atoms with Crippen molar-refractivity contribution in [3.8, 4) is 11.5 Å². The van der Waals surface area contributed by atoms with E-state index in [-0.39, 0.29) is 44.2 Å². The summed E-state index contributed by atoms with van der Waals surface area (Å²) in [7, 11) is -8.32. The normalized spacial score (nSPS) is 11.6. The Morgan fingerprint density at radius 3 is 2.16 bits per heavy atom. The maximum atomic E-state index is 13.2. The van der Waals surface area contributed by atoms with E-state index >= 15 is 0 Å². The van der Waals surface area contributed by atoms with Gasteiger partial charge in [-0.2, -0.15) is 0 Å². The number of carboxylic acid groups (broad SMARTS) is 1. The maximum Gasteiger partial charge on any atom is 0.335 e. The highest BCUT2D eigenvalue weighted by atomic mass is 32.2. The molecule has 0 saturated carbocycles. The monoisotopic (exact) mass is 559 g/mol. The van der Waals surface area contributed by atoms with Crippen molar-refractivity contribution in [3.05, 3.63) is 95.9 Å². The molecule has 12 heteroatoms. The molecule has 0 aliphatic rings. The standard InChI is InChI=1S/C25H21NO8S3/c27-24(28)18-10-12-19(13-11-18)33-15-16-34-22-9-5-4-8-21(22)26-37(31,32)25-23(14-17-35-25)36(29,30)20-6-2-1-3-7-20/h1-14,17,26H,15-16H2,(H,27,28). The summed E-state index contributed by atoms with van der Waals surface area (Å²) in [5, 5.41) is 10.4. The van der Waals surface area contributed by atoms with Crippen molar-refractivity contribution in [2.24, 2.45) is 0 Å². The Morgan fingerprint density at radius 2 is 1.46 bits per heavy atom. The van der Waals surface area contributed by atoms with Gasteiger partial charge in [-0.25, -0.2) is 21.6 Å². The molecular formula is C25H21NO8S3. The third-order valence-electron chi connectivity index (χ3n) is 5.03. The van der Waals surface area contributed by atoms with E-state index in [0.717, 1.165) is 11.3 Å². The first kappa shape index (κ1) is 26.2. The van der Waals surface area contributed by atoms with Gasteiger partial charge in [-0.1, -0.05) is 30.3 Å². The SMILES string of the molecule is O=C(O)c1ccc(OCCOc2ccccc2NS(=O)(=O)c2sccc2S(=O)(=O)c2ccccc2)cc1. The first-order valence-corrected chi connectivity index (χ1v) is 14.6. The van der Waals surface area contributed by atoms with Crippen molar-refractivity contribution in [2.75, 3.05) is 17.9 Å². The number of thiophene rings is 1. The lowest BCUT2D eigenvalue weighted by molar-refractivity contribution is 0.0696. The molecule has 0 spiro atoms. The first-order chi connectivity index (χ1) is 17.7. The topological polar surface area (TPSA) is 136 Å². The smallest absolute Gasteiger partial charge is 0.335 e. The number of anilines is 1. The van der Waals surface area contributed by atoms with Crippen molar-refractivity contribution >= 4 is 42.9 Å². The van der Waals surface area contributed by atoms with Gasteiger partial charge >= 0.3 is 5.97 Å². The number of aromatic carboxylic acids is 1. The van der Waals surface area contributed by atoms with Crippen molar-refractivity contribution in [3.63, 3.8) is 0 Å². The number of carboxylic acids is 1. The van der Waals surface area contributed by atoms with Gasteiger partial charge in [0.1, 0.15) is 29.6 Å². The number of rotatable bonds is 11. The zero-order valence-electron chi connectivity index (χ0n) is 19.1. The molecule has 0 radical (unpaired) electrons. The zero-order chi connectivity index (χ0) is 26.5. The summed E-state index contributed by atoms with van der Waals surface area (Å²) in [4.78, 5) is 10.6. The van der Waals surface area contributed by atoms with Gasteiger partial charge in [-0.15, -0.1) is 11.3 Å². The predicted octanol–water partition coefficient (Wildman–Crippen LogP) is 4.54. The fourth-order valence-corrected chi connectivity index (χ4v) is 7.93. The van der Waals surface area contributed by atoms with Crippen LogP contribution in [0.2, 0.25) is 0 Å². The minimum Gasteiger partial charge on any atom is -0.490 e. The molecule has 0 atom stereocenters. The summed E-state index contributed by atoms with van der Waals surface area (Å²) in [5.41, 5.74) is 0.264. The highest BCUT2D eigenvalue weighted by Gasteiger charge is 2.30. The van der Waals surface area contributed by atoms with Crippen LogP contribution in [0.15, 0.2) is 104 Å². The van der Waals surface area contributed by atoms with Gasteiger partial charge in [0.2, 0.25) is 9.84 Å². The van der Waals surface area contributed by atoms with Crippen molar-refractivity contribution in [2.45, 2.75) is 14.0 Å². The lowest BCUT2D eigenvalue weighted by atomic mass is 10.2. The van der Waals surface area contributed by atoms with Gasteiger partial charge in [-0.3, -0.25) is 4.72 Å². The van der Waals surface area contributed by atoms with Crippen LogP contribution < -0.4 is 14.2 Å². The summed E-state index contributed by atoms with van der Waals surface area (Å²) in [6.45, 7) is 0.171. The van der Waals surface area contributed by atoms with Crippen LogP contribution in [0, 0.1) is 0 Å². The zero-order valence-corrected chi connectivity index (χ0v) is 21.6. The Balaban J connectivity index is 1.46. The van der Waals surface area contributed by atoms with E-state index in [4.69, 9.17) is 14.6 Å². The Morgan fingerprint density at radius 1 is 0.811 bits per heavy atom. The van der Waals surface area contributed by atoms with Crippen LogP contribution in [0.1, 0.15) is 10.4 Å². The summed E-state index contributed by atoms with van der Waals surface area (Å²) in [6, 6.07) is 21.1. The minimum atomic E-state index is -4.27. The molecule has 0 fully saturated rings. The van der Waals surface area contributed by atoms with E-state index in [1.165, 1.54) is 53.9 Å². The molecule has 0 bridgehead atoms. The minimum absolute atomic E-state index is 0.00816. The van der Waals surface area contributed by atoms with Gasteiger partial charge in [0.05, 0.1) is 16.1 Å². The summed E-state index contributed by atoms with van der Waals surface area (Å²) >= 11 is 0.798. The van der Waals surface area contributed by atoms with E-state index in [0.29, 0.717) is 5.75 Å². The average Bonchev–Trinajstić information content (AvgIpc) is 3.41. The first-order valence-electron chi connectivity index (χ1n) is 10.8. The average molecular weight is 560 g/mol. The van der Waals surface area contributed by atoms with Gasteiger partial charge < -0.3 is 14.6 Å². The molecule has 37 heavy (non-hydrogen) atoms. The van der Waals surface area contributed by atoms with Crippen LogP contribution >= 0.6 is 11.3 Å². The van der Waals surface area contributed by atoms with Gasteiger partial charge in [-0.05, 0) is 60.0 Å². The number of sulfonamides is 1. The van der Waals surface area contributed by atoms with Crippen molar-refractivity contribution in [1.82, 2.24) is 0 Å². The molecule has 1 aromatic heterocycles. The number of hydrogen-bond donors (Lipinski definition) is 2. The number of carbonyl (C=O) groups is 1. The fraction of sp³-hybridized carbons (Fsp3) is 0.0800. The van der Waals surface area contributed by atoms with Crippen LogP contribution in [0.3, 0.4) is 0 Å². The van der Waals surface area contributed by atoms with E-state index in [1.54, 1.807) is 36.4 Å². The van der Waals surface area contributed by atoms with E-state index < -0.39 is 25.8 Å². The lowest BCUT2D eigenvalue weighted by Gasteiger charge is -2.14. The van der Waals surface area contributed by atoms with Crippen LogP contribution in [-0.2, 0) is 19.9 Å². The van der Waals surface area contributed by atoms with Gasteiger partial charge in [0, 0.05) is 0 Å². The van der Waals surface area contributed by atoms with Crippen LogP contribution in [0.25, 0.3) is 0 Å². The Kier molecular flexibility index (Phi) is 7.81. The number of benzene rings is 3. The largest absolute Gasteiger partial charge is 0.490 e. The number of sulfone groups is 1. The molecule has 1 heterocycles. The molecule has 192 valence electrons. The van der Waals surface area contributed by atoms with E-state index in [2.05, 4.69) is 4.72 Å². The lowest BCUT2D eigenvalue weighted by Crippen LogP contribution is -2.16. The van der Waals surface area contributed by atoms with Crippen LogP contribution in [-0.4, -0.2) is 41.1 Å². The van der Waals surface area contributed by atoms with Gasteiger partial charge in [0.15, 0.2) is 4.21 Å². The molecule has 2 N–H and O–H groups in total. The summed E-state index contributed by atoms with van der Waals surface area (Å²) < 4.78 is 65.9. The second-order valence-corrected chi connectivity index (χ2v) is 12.2. The van der Waals surface area contributed by atoms with Crippen molar-refractivity contribution in [1.29, 1.82) is 0 Å². The molecule has 0 amide bonds. The fourth-order valence-electron chi connectivity index (χ4n) is 3.28. The quantitative estimate of drug-likeness (QED) is 0.256. The summed E-state index contributed by atoms with van der Waals surface area (Å²) in [6.07, 6.45) is 0. The second-order valence-electron chi connectivity index (χ2n) is 7.52. The Hall–Kier alpha value is -3.87. The Bertz CT molecular complexity index is 1600. The molecule has 0 saturated heterocycles. The Labute approximate surface area is 217 Å². The van der Waals surface area contributed by atoms with Crippen LogP contribution in [0.4, 0.5) is 5.69 Å². The molecule has 9 nitrogen and oxygen atoms in total. The number of ether oxygens (including phenoxy) is 2. The third kappa shape index (κ3) is 6.10. The molecular weight excluding hydrogens is 538 g/mol. The van der Waals surface area contributed by atoms with E-state index in [1.807, 2.05) is 0 Å². The number of nitrogens with one attached hydrogen (secondary N) is 1. The third-order valence-corrected chi connectivity index (χ3v) is 9.95. The van der Waals surface area contributed by atoms with Crippen molar-refractivity contribution < 1.29 is 36.2 Å². The molecule has 0 aliphatic heterocycles. The number of para-hydroxylation sites is 2. The van der Waals surface area contributed by atoms with Crippen LogP contribution in [0.5, 0.6) is 11.5 Å². The molecule has 0 unspecified atom stereocenters. The van der Waals surface area contributed by atoms with Gasteiger partial charge in [0.25, 0.3) is 10.0 Å². The molecule has 4 rings (SSSR count). The number of hydrogen-bond acceptors (Lipinski definition) is 8.